The molecule has 196 valence electrons. The zero-order valence-corrected chi connectivity index (χ0v) is 19.7. The van der Waals surface area contributed by atoms with E-state index in [4.69, 9.17) is 0 Å². The second-order valence-electron chi connectivity index (χ2n) is 7.95. The number of hydrogen-bond acceptors (Lipinski definition) is 7. The van der Waals surface area contributed by atoms with Crippen molar-refractivity contribution in [1.82, 2.24) is 0 Å². The molecule has 2 rings (SSSR count). The molecule has 1 N–H and O–H groups in total. The molecule has 0 fully saturated rings. The van der Waals surface area contributed by atoms with Crippen LogP contribution in [0.4, 0.5) is 32.0 Å². The summed E-state index contributed by atoms with van der Waals surface area (Å²) in [5.74, 6) is -8.70. The van der Waals surface area contributed by atoms with E-state index in [0.29, 0.717) is 6.42 Å². The van der Waals surface area contributed by atoms with Crippen LogP contribution in [0.25, 0.3) is 10.8 Å². The molecule has 8 nitrogen and oxygen atoms in total. The number of carbonyl (C=O) groups excluding carboxylic acids is 1. The van der Waals surface area contributed by atoms with E-state index in [-0.39, 0.29) is 16.5 Å². The molecule has 0 unspecified atom stereocenters. The summed E-state index contributed by atoms with van der Waals surface area (Å²) < 4.78 is 142. The van der Waals surface area contributed by atoms with Crippen molar-refractivity contribution in [2.24, 2.45) is 5.41 Å². The van der Waals surface area contributed by atoms with Crippen LogP contribution in [-0.4, -0.2) is 43.7 Å². The first kappa shape index (κ1) is 28.6. The Morgan fingerprint density at radius 3 is 1.94 bits per heavy atom. The molecule has 0 saturated heterocycles. The third-order valence-corrected chi connectivity index (χ3v) is 7.35. The zero-order valence-electron chi connectivity index (χ0n) is 18.1. The van der Waals surface area contributed by atoms with Gasteiger partial charge in [0.25, 0.3) is 0 Å². The van der Waals surface area contributed by atoms with Gasteiger partial charge in [-0.3, -0.25) is 4.79 Å². The van der Waals surface area contributed by atoms with E-state index < -0.39 is 53.7 Å². The van der Waals surface area contributed by atoms with Crippen molar-refractivity contribution in [1.29, 1.82) is 0 Å². The largest absolute Gasteiger partial charge is 0.743 e. The Morgan fingerprint density at radius 1 is 0.914 bits per heavy atom. The van der Waals surface area contributed by atoms with Gasteiger partial charge in [0.05, 0.1) is 0 Å². The minimum absolute atomic E-state index is 0.00277. The Bertz CT molecular complexity index is 1360. The number of carbonyl (C=O) groups is 1. The van der Waals surface area contributed by atoms with Crippen molar-refractivity contribution in [3.8, 4) is 5.75 Å². The summed E-state index contributed by atoms with van der Waals surface area (Å²) in [5.41, 5.74) is -0.793. The molecule has 0 spiro atoms. The average Bonchev–Trinajstić information content (AvgIpc) is 2.72. The van der Waals surface area contributed by atoms with Crippen molar-refractivity contribution >= 4 is 42.6 Å². The van der Waals surface area contributed by atoms with Gasteiger partial charge < -0.3 is 14.1 Å². The van der Waals surface area contributed by atoms with Gasteiger partial charge in [-0.15, -0.1) is 0 Å². The van der Waals surface area contributed by atoms with Crippen LogP contribution in [0.2, 0.25) is 0 Å². The second-order valence-corrected chi connectivity index (χ2v) is 11.0. The molecule has 1 amide bonds. The molecule has 0 heterocycles. The third kappa shape index (κ3) is 4.78. The molecule has 35 heavy (non-hydrogen) atoms. The van der Waals surface area contributed by atoms with Crippen molar-refractivity contribution in [3.05, 3.63) is 36.4 Å². The Hall–Kier alpha value is -2.59. The maximum Gasteiger partial charge on any atom is 0.450 e. The lowest BCUT2D eigenvalue weighted by Gasteiger charge is -2.32. The van der Waals surface area contributed by atoms with E-state index in [9.17, 15) is 52.5 Å². The molecule has 16 heteroatoms. The van der Waals surface area contributed by atoms with Crippen LogP contribution in [0.1, 0.15) is 27.2 Å². The summed E-state index contributed by atoms with van der Waals surface area (Å²) in [7, 11) is -14.4. The van der Waals surface area contributed by atoms with Gasteiger partial charge in [-0.25, -0.2) is 8.42 Å². The van der Waals surface area contributed by atoms with Gasteiger partial charge in [0.2, 0.25) is 5.91 Å². The first-order chi connectivity index (χ1) is 15.6. The monoisotopic (exact) mass is 550 g/mol. The molecule has 0 aliphatic rings. The van der Waals surface area contributed by atoms with Gasteiger partial charge >= 0.3 is 26.5 Å². The smallest absolute Gasteiger partial charge is 0.450 e. The molecule has 0 atom stereocenters. The summed E-state index contributed by atoms with van der Waals surface area (Å²) in [5, 5.41) is -11.6. The second kappa shape index (κ2) is 8.81. The van der Waals surface area contributed by atoms with Gasteiger partial charge in [-0.05, 0) is 18.6 Å². The van der Waals surface area contributed by atoms with Gasteiger partial charge in [-0.1, -0.05) is 45.0 Å². The number of fused-ring (bicyclic) bond motifs is 1. The van der Waals surface area contributed by atoms with Crippen LogP contribution in [0.15, 0.2) is 36.4 Å². The first-order valence-corrected chi connectivity index (χ1v) is 12.3. The fourth-order valence-corrected chi connectivity index (χ4v) is 4.00. The highest BCUT2D eigenvalue weighted by Crippen LogP contribution is 2.51. The maximum atomic E-state index is 14.1. The maximum absolute atomic E-state index is 14.1. The SMILES string of the molecule is CCC(C)(C)C(=O)Nc1cccc2c(OS(=O)(=O)C(F)(F)C(F)(F)C(F)(F)S(=O)(=O)[O-])cccc12. The van der Waals surface area contributed by atoms with Gasteiger partial charge in [0.15, 0.2) is 15.9 Å². The van der Waals surface area contributed by atoms with E-state index >= 15 is 0 Å². The predicted molar refractivity (Wildman–Crippen MR) is 111 cm³/mol. The van der Waals surface area contributed by atoms with E-state index in [0.717, 1.165) is 18.2 Å². The number of rotatable bonds is 9. The minimum Gasteiger partial charge on any atom is -0.743 e. The molecule has 2 aromatic rings. The molecule has 0 aliphatic carbocycles. The zero-order chi connectivity index (χ0) is 27.3. The Balaban J connectivity index is 2.57. The standard InChI is InChI=1S/C19H19F6NO7S2/c1-4-16(2,3)15(27)26-13-9-5-8-12-11(13)7-6-10-14(12)33-35(31,32)19(24,25)17(20,21)18(22,23)34(28,29)30/h5-10H,4H2,1-3H3,(H,26,27)(H,28,29,30)/p-1. The van der Waals surface area contributed by atoms with Gasteiger partial charge in [0.1, 0.15) is 0 Å². The number of hydrogen-bond donors (Lipinski definition) is 1. The summed E-state index contributed by atoms with van der Waals surface area (Å²) in [6.07, 6.45) is 0.420. The van der Waals surface area contributed by atoms with Crippen LogP contribution >= 0.6 is 0 Å². The van der Waals surface area contributed by atoms with Gasteiger partial charge in [-0.2, -0.15) is 34.8 Å². The lowest BCUT2D eigenvalue weighted by atomic mass is 9.89. The van der Waals surface area contributed by atoms with E-state index in [1.54, 1.807) is 20.8 Å². The molecule has 0 saturated carbocycles. The van der Waals surface area contributed by atoms with Crippen LogP contribution in [0.5, 0.6) is 5.75 Å². The number of anilines is 1. The summed E-state index contributed by atoms with van der Waals surface area (Å²) in [4.78, 5) is 12.5. The summed E-state index contributed by atoms with van der Waals surface area (Å²) >= 11 is 0. The Kier molecular flexibility index (Phi) is 7.21. The van der Waals surface area contributed by atoms with Crippen molar-refractivity contribution in [3.63, 3.8) is 0 Å². The Labute approximate surface area is 196 Å². The molecule has 0 radical (unpaired) electrons. The lowest BCUT2D eigenvalue weighted by Crippen LogP contribution is -2.61. The van der Waals surface area contributed by atoms with Crippen LogP contribution in [0.3, 0.4) is 0 Å². The molecule has 0 aliphatic heterocycles. The molecular weight excluding hydrogens is 532 g/mol. The van der Waals surface area contributed by atoms with E-state index in [1.165, 1.54) is 18.2 Å². The van der Waals surface area contributed by atoms with Crippen molar-refractivity contribution in [2.45, 2.75) is 43.6 Å². The number of halogens is 6. The van der Waals surface area contributed by atoms with Crippen LogP contribution in [0, 0.1) is 5.41 Å². The fraction of sp³-hybridized carbons (Fsp3) is 0.421. The fourth-order valence-electron chi connectivity index (χ4n) is 2.57. The van der Waals surface area contributed by atoms with Gasteiger partial charge in [0, 0.05) is 21.9 Å². The quantitative estimate of drug-likeness (QED) is 0.280. The summed E-state index contributed by atoms with van der Waals surface area (Å²) in [6, 6.07) is 6.70. The number of amides is 1. The van der Waals surface area contributed by atoms with E-state index in [2.05, 4.69) is 9.50 Å². The first-order valence-electron chi connectivity index (χ1n) is 9.50. The van der Waals surface area contributed by atoms with Crippen molar-refractivity contribution in [2.75, 3.05) is 5.32 Å². The Morgan fingerprint density at radius 2 is 1.43 bits per heavy atom. The molecule has 2 aromatic carbocycles. The average molecular weight is 550 g/mol. The highest BCUT2D eigenvalue weighted by Gasteiger charge is 2.81. The molecular formula is C19H18F6NO7S2-. The highest BCUT2D eigenvalue weighted by atomic mass is 32.2. The number of alkyl halides is 6. The van der Waals surface area contributed by atoms with E-state index in [1.807, 2.05) is 0 Å². The highest BCUT2D eigenvalue weighted by molar-refractivity contribution is 7.88. The minimum atomic E-state index is -7.42. The van der Waals surface area contributed by atoms with Crippen LogP contribution < -0.4 is 9.50 Å². The van der Waals surface area contributed by atoms with Crippen molar-refractivity contribution < 1.29 is 56.7 Å². The molecule has 0 bridgehead atoms. The number of benzene rings is 2. The number of nitrogens with one attached hydrogen (secondary N) is 1. The summed E-state index contributed by atoms with van der Waals surface area (Å²) in [6.45, 7) is 4.97. The predicted octanol–water partition coefficient (Wildman–Crippen LogP) is 4.29. The topological polar surface area (TPSA) is 130 Å². The normalized spacial score (nSPS) is 14.1. The third-order valence-electron chi connectivity index (χ3n) is 5.19. The lowest BCUT2D eigenvalue weighted by molar-refractivity contribution is -0.247. The molecule has 0 aromatic heterocycles. The van der Waals surface area contributed by atoms with Crippen LogP contribution in [-0.2, 0) is 25.0 Å².